The third-order valence-electron chi connectivity index (χ3n) is 4.68. The van der Waals surface area contributed by atoms with Crippen molar-refractivity contribution in [2.75, 3.05) is 41.3 Å². The second kappa shape index (κ2) is 15.0. The largest absolute Gasteiger partial charge is 0.355 e. The van der Waals surface area contributed by atoms with Gasteiger partial charge >= 0.3 is 0 Å². The molecule has 0 bridgehead atoms. The normalized spacial score (nSPS) is 13.7. The fraction of sp³-hybridized carbons (Fsp3) is 0.900. The molecule has 2 atom stereocenters. The van der Waals surface area contributed by atoms with E-state index in [-0.39, 0.29) is 23.9 Å². The van der Waals surface area contributed by atoms with Crippen molar-refractivity contribution in [2.24, 2.45) is 0 Å². The van der Waals surface area contributed by atoms with Gasteiger partial charge in [0.2, 0.25) is 11.8 Å². The van der Waals surface area contributed by atoms with Crippen LogP contribution in [0.15, 0.2) is 0 Å². The Kier molecular flexibility index (Phi) is 14.3. The predicted molar refractivity (Wildman–Crippen MR) is 109 cm³/mol. The van der Waals surface area contributed by atoms with E-state index in [0.29, 0.717) is 0 Å². The van der Waals surface area contributed by atoms with Crippen molar-refractivity contribution in [3.63, 3.8) is 0 Å². The molecular weight excluding hydrogens is 328 g/mol. The Morgan fingerprint density at radius 3 is 1.31 bits per heavy atom. The lowest BCUT2D eigenvalue weighted by Crippen LogP contribution is -2.43. The Balaban J connectivity index is 3.78. The summed E-state index contributed by atoms with van der Waals surface area (Å²) in [5, 5.41) is 6.09. The van der Waals surface area contributed by atoms with Crippen LogP contribution in [0, 0.1) is 0 Å². The molecule has 26 heavy (non-hydrogen) atoms. The number of hydrogen-bond donors (Lipinski definition) is 2. The first-order chi connectivity index (χ1) is 12.3. The molecule has 6 nitrogen and oxygen atoms in total. The molecule has 0 unspecified atom stereocenters. The summed E-state index contributed by atoms with van der Waals surface area (Å²) < 4.78 is 0. The molecule has 0 aromatic carbocycles. The molecule has 0 saturated heterocycles. The Morgan fingerprint density at radius 2 is 1.04 bits per heavy atom. The minimum atomic E-state index is -0.0250. The first-order valence-corrected chi connectivity index (χ1v) is 10.2. The minimum Gasteiger partial charge on any atom is -0.355 e. The van der Waals surface area contributed by atoms with E-state index >= 15 is 0 Å². The van der Waals surface area contributed by atoms with Crippen molar-refractivity contribution in [3.8, 4) is 0 Å². The Labute approximate surface area is 161 Å². The van der Waals surface area contributed by atoms with Crippen LogP contribution in [-0.2, 0) is 9.59 Å². The third kappa shape index (κ3) is 10.8. The van der Waals surface area contributed by atoms with Crippen LogP contribution in [0.25, 0.3) is 0 Å². The quantitative estimate of drug-likeness (QED) is 0.434. The lowest BCUT2D eigenvalue weighted by Gasteiger charge is -2.23. The molecule has 2 N–H and O–H groups in total. The van der Waals surface area contributed by atoms with Gasteiger partial charge in [0.05, 0.1) is 12.1 Å². The molecule has 0 spiro atoms. The van der Waals surface area contributed by atoms with Crippen molar-refractivity contribution in [1.82, 2.24) is 20.4 Å². The first kappa shape index (κ1) is 24.9. The van der Waals surface area contributed by atoms with Crippen molar-refractivity contribution in [1.29, 1.82) is 0 Å². The summed E-state index contributed by atoms with van der Waals surface area (Å²) in [6.45, 7) is 5.67. The predicted octanol–water partition coefficient (Wildman–Crippen LogP) is 2.24. The summed E-state index contributed by atoms with van der Waals surface area (Å²) in [5.41, 5.74) is 0. The van der Waals surface area contributed by atoms with E-state index in [0.717, 1.165) is 64.5 Å². The highest BCUT2D eigenvalue weighted by Crippen LogP contribution is 2.05. The van der Waals surface area contributed by atoms with Crippen molar-refractivity contribution in [3.05, 3.63) is 0 Å². The SMILES string of the molecule is CCC[C@H](C(=O)NCCCCCCNC(=O)[C@@H](CCC)N(C)C)N(C)C. The molecule has 0 heterocycles. The van der Waals surface area contributed by atoms with Crippen LogP contribution < -0.4 is 10.6 Å². The maximum atomic E-state index is 12.2. The average Bonchev–Trinajstić information content (AvgIpc) is 2.58. The fourth-order valence-corrected chi connectivity index (χ4v) is 3.06. The summed E-state index contributed by atoms with van der Waals surface area (Å²) in [5.74, 6) is 0.268. The first-order valence-electron chi connectivity index (χ1n) is 10.2. The summed E-state index contributed by atoms with van der Waals surface area (Å²) in [4.78, 5) is 28.3. The van der Waals surface area contributed by atoms with Crippen molar-refractivity contribution >= 4 is 11.8 Å². The monoisotopic (exact) mass is 370 g/mol. The van der Waals surface area contributed by atoms with E-state index in [9.17, 15) is 9.59 Å². The Morgan fingerprint density at radius 1 is 0.692 bits per heavy atom. The van der Waals surface area contributed by atoms with Gasteiger partial charge in [0.25, 0.3) is 0 Å². The van der Waals surface area contributed by atoms with Gasteiger partial charge in [0.15, 0.2) is 0 Å². The van der Waals surface area contributed by atoms with Gasteiger partial charge in [-0.1, -0.05) is 39.5 Å². The van der Waals surface area contributed by atoms with E-state index in [4.69, 9.17) is 0 Å². The molecule has 6 heteroatoms. The van der Waals surface area contributed by atoms with Crippen LogP contribution in [0.1, 0.15) is 65.2 Å². The van der Waals surface area contributed by atoms with Gasteiger partial charge in [-0.25, -0.2) is 0 Å². The average molecular weight is 371 g/mol. The van der Waals surface area contributed by atoms with Gasteiger partial charge in [-0.05, 0) is 53.9 Å². The number of nitrogens with one attached hydrogen (secondary N) is 2. The number of hydrogen-bond acceptors (Lipinski definition) is 4. The zero-order valence-electron chi connectivity index (χ0n) is 17.9. The third-order valence-corrected chi connectivity index (χ3v) is 4.68. The maximum Gasteiger partial charge on any atom is 0.237 e. The van der Waals surface area contributed by atoms with E-state index < -0.39 is 0 Å². The van der Waals surface area contributed by atoms with Gasteiger partial charge in [-0.2, -0.15) is 0 Å². The number of nitrogens with zero attached hydrogens (tertiary/aromatic N) is 2. The van der Waals surface area contributed by atoms with E-state index in [2.05, 4.69) is 24.5 Å². The molecular formula is C20H42N4O2. The standard InChI is InChI=1S/C20H42N4O2/c1-7-13-17(23(3)4)19(25)21-15-11-9-10-12-16-22-20(26)18(14-8-2)24(5)6/h17-18H,7-16H2,1-6H3,(H,21,25)(H,22,26)/t17-,18-/m1/s1. The lowest BCUT2D eigenvalue weighted by molar-refractivity contribution is -0.126. The summed E-state index contributed by atoms with van der Waals surface area (Å²) >= 11 is 0. The van der Waals surface area contributed by atoms with E-state index in [1.807, 2.05) is 38.0 Å². The number of likely N-dealkylation sites (N-methyl/N-ethyl adjacent to an activating group) is 2. The van der Waals surface area contributed by atoms with Gasteiger partial charge in [-0.3, -0.25) is 19.4 Å². The molecule has 0 aliphatic carbocycles. The van der Waals surface area contributed by atoms with Gasteiger partial charge in [0.1, 0.15) is 0 Å². The second-order valence-corrected chi connectivity index (χ2v) is 7.53. The Hall–Kier alpha value is -1.14. The van der Waals surface area contributed by atoms with Crippen molar-refractivity contribution in [2.45, 2.75) is 77.3 Å². The van der Waals surface area contributed by atoms with Crippen molar-refractivity contribution < 1.29 is 9.59 Å². The summed E-state index contributed by atoms with van der Waals surface area (Å²) in [6.07, 6.45) is 7.92. The van der Waals surface area contributed by atoms with E-state index in [1.54, 1.807) is 0 Å². The number of carbonyl (C=O) groups is 2. The molecule has 0 aliphatic heterocycles. The van der Waals surface area contributed by atoms with Gasteiger partial charge in [-0.15, -0.1) is 0 Å². The van der Waals surface area contributed by atoms with E-state index in [1.165, 1.54) is 0 Å². The molecule has 2 amide bonds. The molecule has 0 rings (SSSR count). The number of rotatable bonds is 15. The highest BCUT2D eigenvalue weighted by Gasteiger charge is 2.19. The number of unbranched alkanes of at least 4 members (excludes halogenated alkanes) is 3. The molecule has 0 aliphatic rings. The molecule has 0 fully saturated rings. The smallest absolute Gasteiger partial charge is 0.237 e. The minimum absolute atomic E-state index is 0.0250. The maximum absolute atomic E-state index is 12.2. The lowest BCUT2D eigenvalue weighted by atomic mass is 10.1. The molecule has 0 aromatic rings. The zero-order chi connectivity index (χ0) is 19.9. The molecule has 0 aromatic heterocycles. The van der Waals surface area contributed by atoms with Crippen LogP contribution in [0.4, 0.5) is 0 Å². The van der Waals surface area contributed by atoms with Crippen LogP contribution >= 0.6 is 0 Å². The highest BCUT2D eigenvalue weighted by atomic mass is 16.2. The highest BCUT2D eigenvalue weighted by molar-refractivity contribution is 5.82. The summed E-state index contributed by atoms with van der Waals surface area (Å²) in [6, 6.07) is -0.0500. The van der Waals surface area contributed by atoms with Crippen LogP contribution in [-0.4, -0.2) is 75.0 Å². The zero-order valence-corrected chi connectivity index (χ0v) is 17.9. The molecule has 0 saturated carbocycles. The van der Waals surface area contributed by atoms with Gasteiger partial charge < -0.3 is 10.6 Å². The fourth-order valence-electron chi connectivity index (χ4n) is 3.06. The molecule has 154 valence electrons. The number of amides is 2. The Bertz CT molecular complexity index is 350. The topological polar surface area (TPSA) is 64.7 Å². The van der Waals surface area contributed by atoms with Crippen LogP contribution in [0.3, 0.4) is 0 Å². The number of carbonyl (C=O) groups excluding carboxylic acids is 2. The van der Waals surface area contributed by atoms with Crippen LogP contribution in [0.5, 0.6) is 0 Å². The second-order valence-electron chi connectivity index (χ2n) is 7.53. The summed E-state index contributed by atoms with van der Waals surface area (Å²) in [7, 11) is 7.82. The van der Waals surface area contributed by atoms with Gasteiger partial charge in [0, 0.05) is 13.1 Å². The molecule has 0 radical (unpaired) electrons. The van der Waals surface area contributed by atoms with Crippen LogP contribution in [0.2, 0.25) is 0 Å².